The summed E-state index contributed by atoms with van der Waals surface area (Å²) in [5, 5.41) is 13.1. The van der Waals surface area contributed by atoms with Gasteiger partial charge in [0.25, 0.3) is 5.91 Å². The van der Waals surface area contributed by atoms with E-state index >= 15 is 0 Å². The van der Waals surface area contributed by atoms with Crippen LogP contribution >= 0.6 is 23.4 Å². The number of nitrogens with zero attached hydrogens (tertiary/aromatic N) is 2. The molecule has 10 nitrogen and oxygen atoms in total. The van der Waals surface area contributed by atoms with Gasteiger partial charge in [-0.2, -0.15) is 0 Å². The average molecular weight is 657 g/mol. The highest BCUT2D eigenvalue weighted by Crippen LogP contribution is 2.39. The first-order chi connectivity index (χ1) is 21.8. The third-order valence-corrected chi connectivity index (χ3v) is 8.68. The van der Waals surface area contributed by atoms with Crippen LogP contribution < -0.4 is 14.2 Å². The quantitative estimate of drug-likeness (QED) is 0.0690. The third-order valence-electron chi connectivity index (χ3n) is 7.32. The number of ketones is 1. The van der Waals surface area contributed by atoms with Crippen LogP contribution in [0.25, 0.3) is 0 Å². The summed E-state index contributed by atoms with van der Waals surface area (Å²) >= 11 is 7.57. The molecule has 1 saturated heterocycles. The average Bonchev–Trinajstić information content (AvgIpc) is 3.54. The predicted molar refractivity (Wildman–Crippen MR) is 174 cm³/mol. The van der Waals surface area contributed by atoms with E-state index in [1.165, 1.54) is 19.2 Å². The fraction of sp³-hybridized carbons (Fsp3) is 0.394. The van der Waals surface area contributed by atoms with Crippen molar-refractivity contribution in [2.45, 2.75) is 50.7 Å². The highest BCUT2D eigenvalue weighted by Gasteiger charge is 2.40. The number of methoxy groups -OCH3 is 1. The van der Waals surface area contributed by atoms with Crippen molar-refractivity contribution < 1.29 is 33.5 Å². The molecule has 0 bridgehead atoms. The van der Waals surface area contributed by atoms with Crippen LogP contribution in [0, 0.1) is 10.1 Å². The number of carbonyl (C=O) groups excluding carboxylic acids is 2. The highest BCUT2D eigenvalue weighted by molar-refractivity contribution is 7.99. The first kappa shape index (κ1) is 34.1. The summed E-state index contributed by atoms with van der Waals surface area (Å²) in [7, 11) is 1.40. The zero-order valence-electron chi connectivity index (χ0n) is 25.5. The zero-order valence-corrected chi connectivity index (χ0v) is 27.1. The third kappa shape index (κ3) is 8.68. The summed E-state index contributed by atoms with van der Waals surface area (Å²) < 4.78 is 23.4. The molecule has 0 aliphatic carbocycles. The number of hydrogen-bond acceptors (Lipinski definition) is 9. The van der Waals surface area contributed by atoms with E-state index in [-0.39, 0.29) is 41.6 Å². The van der Waals surface area contributed by atoms with Gasteiger partial charge in [0.05, 0.1) is 24.7 Å². The van der Waals surface area contributed by atoms with E-state index in [9.17, 15) is 19.7 Å². The Morgan fingerprint density at radius 2 is 1.82 bits per heavy atom. The molecule has 12 heteroatoms. The van der Waals surface area contributed by atoms with E-state index in [2.05, 4.69) is 0 Å². The fourth-order valence-electron chi connectivity index (χ4n) is 5.22. The van der Waals surface area contributed by atoms with Gasteiger partial charge in [-0.3, -0.25) is 19.7 Å². The molecule has 1 amide bonds. The van der Waals surface area contributed by atoms with Gasteiger partial charge < -0.3 is 23.8 Å². The first-order valence-corrected chi connectivity index (χ1v) is 16.2. The summed E-state index contributed by atoms with van der Waals surface area (Å²) in [6, 6.07) is 17.7. The van der Waals surface area contributed by atoms with Gasteiger partial charge in [0.15, 0.2) is 6.10 Å². The molecule has 3 aromatic carbocycles. The van der Waals surface area contributed by atoms with Crippen LogP contribution in [-0.2, 0) is 4.74 Å². The van der Waals surface area contributed by atoms with Gasteiger partial charge in [-0.15, -0.1) is 11.8 Å². The van der Waals surface area contributed by atoms with Crippen LogP contribution in [0.5, 0.6) is 17.2 Å². The maximum atomic E-state index is 14.1. The van der Waals surface area contributed by atoms with Crippen molar-refractivity contribution >= 4 is 40.7 Å². The van der Waals surface area contributed by atoms with Crippen LogP contribution in [0.3, 0.4) is 0 Å². The van der Waals surface area contributed by atoms with Crippen molar-refractivity contribution in [3.63, 3.8) is 0 Å². The lowest BCUT2D eigenvalue weighted by Gasteiger charge is -2.31. The summed E-state index contributed by atoms with van der Waals surface area (Å²) in [5.41, 5.74) is -0.611. The molecule has 0 radical (unpaired) electrons. The number of likely N-dealkylation sites (tertiary alicyclic amines) is 1. The molecule has 0 aromatic heterocycles. The number of nitro groups is 1. The number of amides is 1. The van der Waals surface area contributed by atoms with Crippen molar-refractivity contribution in [1.82, 2.24) is 4.90 Å². The zero-order chi connectivity index (χ0) is 32.3. The van der Waals surface area contributed by atoms with E-state index in [4.69, 9.17) is 30.5 Å². The van der Waals surface area contributed by atoms with Crippen molar-refractivity contribution in [2.24, 2.45) is 0 Å². The van der Waals surface area contributed by atoms with E-state index in [0.29, 0.717) is 35.9 Å². The van der Waals surface area contributed by atoms with Crippen molar-refractivity contribution in [2.75, 3.05) is 32.6 Å². The molecule has 2 unspecified atom stereocenters. The number of hydrogen-bond donors (Lipinski definition) is 0. The van der Waals surface area contributed by atoms with E-state index < -0.39 is 28.4 Å². The second-order valence-electron chi connectivity index (χ2n) is 10.2. The Bertz CT molecular complexity index is 1450. The fourth-order valence-corrected chi connectivity index (χ4v) is 6.41. The molecule has 45 heavy (non-hydrogen) atoms. The molecule has 0 saturated carbocycles. The Morgan fingerprint density at radius 1 is 1.09 bits per heavy atom. The number of halogens is 1. The lowest BCUT2D eigenvalue weighted by atomic mass is 10.0. The molecular weight excluding hydrogens is 620 g/mol. The lowest BCUT2D eigenvalue weighted by Crippen LogP contribution is -2.43. The molecule has 4 rings (SSSR count). The highest BCUT2D eigenvalue weighted by atomic mass is 35.5. The van der Waals surface area contributed by atoms with Crippen molar-refractivity contribution in [1.29, 1.82) is 0 Å². The molecule has 1 heterocycles. The molecule has 1 fully saturated rings. The second kappa shape index (κ2) is 16.5. The maximum Gasteiger partial charge on any atom is 0.323 e. The van der Waals surface area contributed by atoms with Gasteiger partial charge in [-0.05, 0) is 49.8 Å². The van der Waals surface area contributed by atoms with Gasteiger partial charge in [-0.25, -0.2) is 0 Å². The number of carbonyl (C=O) groups is 2. The topological polar surface area (TPSA) is 117 Å². The number of Topliss-reactive ketones (excluding diaryl/α,β-unsaturated/α-hetero) is 1. The Morgan fingerprint density at radius 3 is 2.47 bits per heavy atom. The predicted octanol–water partition coefficient (Wildman–Crippen LogP) is 7.08. The first-order valence-electron chi connectivity index (χ1n) is 14.8. The number of benzene rings is 3. The van der Waals surface area contributed by atoms with Crippen LogP contribution in [0.1, 0.15) is 53.8 Å². The summed E-state index contributed by atoms with van der Waals surface area (Å²) in [4.78, 5) is 41.3. The standard InChI is InChI=1S/C33H37ClN2O8S/c1-4-42-33(45-5-2)27-12-9-18-35(27)32(38)26-20-25(41-3)21-29(30(26)36(39)40)44-28(31(37)22-10-7-6-8-11-22)17-19-43-24-15-13-23(34)14-16-24/h6-8,10-11,13-16,20-21,27-28,33H,4-5,9,12,17-19H2,1-3H3/t27-,28?,33?/m0/s1. The summed E-state index contributed by atoms with van der Waals surface area (Å²) in [5.74, 6) is 0.351. The number of ether oxygens (including phenoxy) is 4. The van der Waals surface area contributed by atoms with Gasteiger partial charge in [0.1, 0.15) is 22.5 Å². The van der Waals surface area contributed by atoms with E-state index in [1.807, 2.05) is 13.8 Å². The van der Waals surface area contributed by atoms with Crippen LogP contribution in [0.15, 0.2) is 66.7 Å². The molecule has 3 atom stereocenters. The maximum absolute atomic E-state index is 14.1. The molecule has 0 spiro atoms. The Hall–Kier alpha value is -3.80. The van der Waals surface area contributed by atoms with Gasteiger partial charge >= 0.3 is 5.69 Å². The van der Waals surface area contributed by atoms with Crippen LogP contribution in [0.2, 0.25) is 5.02 Å². The minimum absolute atomic E-state index is 0.0620. The molecule has 240 valence electrons. The summed E-state index contributed by atoms with van der Waals surface area (Å²) in [6.07, 6.45) is 0.349. The molecule has 0 N–H and O–H groups in total. The SMILES string of the molecule is CCOC(SCC)[C@@H]1CCCN1C(=O)c1cc(OC)cc(OC(CCOc2ccc(Cl)cc2)C(=O)c2ccccc2)c1[N+](=O)[O-]. The smallest absolute Gasteiger partial charge is 0.323 e. The van der Waals surface area contributed by atoms with Crippen LogP contribution in [0.4, 0.5) is 5.69 Å². The van der Waals surface area contributed by atoms with Crippen molar-refractivity contribution in [3.8, 4) is 17.2 Å². The lowest BCUT2D eigenvalue weighted by molar-refractivity contribution is -0.386. The minimum Gasteiger partial charge on any atom is -0.497 e. The Labute approximate surface area is 272 Å². The van der Waals surface area contributed by atoms with E-state index in [1.54, 1.807) is 71.3 Å². The van der Waals surface area contributed by atoms with Crippen molar-refractivity contribution in [3.05, 3.63) is 93.0 Å². The molecular formula is C33H37ClN2O8S. The molecule has 1 aliphatic rings. The molecule has 3 aromatic rings. The Balaban J connectivity index is 1.69. The minimum atomic E-state index is -1.17. The number of rotatable bonds is 16. The summed E-state index contributed by atoms with van der Waals surface area (Å²) in [6.45, 7) is 4.89. The second-order valence-corrected chi connectivity index (χ2v) is 12.0. The largest absolute Gasteiger partial charge is 0.497 e. The van der Waals surface area contributed by atoms with Crippen LogP contribution in [-0.4, -0.2) is 71.7 Å². The number of nitro benzene ring substituents is 1. The molecule has 1 aliphatic heterocycles. The Kier molecular flexibility index (Phi) is 12.5. The van der Waals surface area contributed by atoms with Gasteiger partial charge in [-0.1, -0.05) is 48.9 Å². The number of thioether (sulfide) groups is 1. The monoisotopic (exact) mass is 656 g/mol. The van der Waals surface area contributed by atoms with E-state index in [0.717, 1.165) is 12.2 Å². The van der Waals surface area contributed by atoms with Gasteiger partial charge in [0, 0.05) is 42.3 Å². The van der Waals surface area contributed by atoms with Gasteiger partial charge in [0.2, 0.25) is 11.5 Å². The normalized spacial score (nSPS) is 15.7.